The molecule has 0 saturated carbocycles. The predicted molar refractivity (Wildman–Crippen MR) is 94.5 cm³/mol. The van der Waals surface area contributed by atoms with Crippen LogP contribution in [-0.4, -0.2) is 21.6 Å². The van der Waals surface area contributed by atoms with Gasteiger partial charge in [-0.15, -0.1) is 0 Å². The lowest BCUT2D eigenvalue weighted by Crippen LogP contribution is -2.15. The average molecular weight is 380 g/mol. The molecule has 1 heterocycles. The first-order chi connectivity index (χ1) is 10.4. The van der Waals surface area contributed by atoms with Gasteiger partial charge in [-0.3, -0.25) is 4.79 Å². The van der Waals surface area contributed by atoms with E-state index >= 15 is 0 Å². The van der Waals surface area contributed by atoms with Crippen LogP contribution in [0, 0.1) is 27.7 Å². The van der Waals surface area contributed by atoms with Gasteiger partial charge in [-0.2, -0.15) is 0 Å². The number of carbonyl (C=O) groups excluding carboxylic acids is 1. The zero-order chi connectivity index (χ0) is 16.3. The Morgan fingerprint density at radius 3 is 2.41 bits per heavy atom. The number of aromatic nitrogens is 2. The Morgan fingerprint density at radius 2 is 1.82 bits per heavy atom. The summed E-state index contributed by atoms with van der Waals surface area (Å²) in [5.41, 5.74) is 4.86. The highest BCUT2D eigenvalue weighted by molar-refractivity contribution is 9.10. The summed E-state index contributed by atoms with van der Waals surface area (Å²) >= 11 is 4.76. The molecule has 0 fully saturated rings. The second-order valence-corrected chi connectivity index (χ2v) is 6.96. The summed E-state index contributed by atoms with van der Waals surface area (Å²) in [5.74, 6) is 0.229. The topological polar surface area (TPSA) is 54.9 Å². The van der Waals surface area contributed by atoms with Gasteiger partial charge in [0.25, 0.3) is 0 Å². The van der Waals surface area contributed by atoms with Gasteiger partial charge in [-0.25, -0.2) is 9.97 Å². The normalized spacial score (nSPS) is 10.6. The Kier molecular flexibility index (Phi) is 5.58. The third-order valence-electron chi connectivity index (χ3n) is 3.41. The molecule has 0 bridgehead atoms. The first-order valence-electron chi connectivity index (χ1n) is 6.87. The molecule has 0 unspecified atom stereocenters. The van der Waals surface area contributed by atoms with Gasteiger partial charge in [0.1, 0.15) is 0 Å². The molecule has 0 aliphatic heterocycles. The number of amides is 1. The number of nitrogens with zero attached hydrogens (tertiary/aromatic N) is 2. The largest absolute Gasteiger partial charge is 0.325 e. The van der Waals surface area contributed by atoms with E-state index in [0.29, 0.717) is 5.16 Å². The van der Waals surface area contributed by atoms with E-state index in [1.807, 2.05) is 45.9 Å². The number of carbonyl (C=O) groups is 1. The van der Waals surface area contributed by atoms with Crippen LogP contribution in [-0.2, 0) is 4.79 Å². The number of aryl methyl sites for hydroxylation is 3. The first-order valence-corrected chi connectivity index (χ1v) is 8.65. The predicted octanol–water partition coefficient (Wildman–Crippen LogP) is 4.20. The van der Waals surface area contributed by atoms with Crippen molar-refractivity contribution in [2.75, 3.05) is 11.1 Å². The van der Waals surface area contributed by atoms with Crippen LogP contribution < -0.4 is 5.32 Å². The van der Waals surface area contributed by atoms with Gasteiger partial charge in [-0.1, -0.05) is 27.7 Å². The summed E-state index contributed by atoms with van der Waals surface area (Å²) in [5, 5.41) is 3.55. The lowest BCUT2D eigenvalue weighted by molar-refractivity contribution is -0.113. The molecule has 1 amide bonds. The summed E-state index contributed by atoms with van der Waals surface area (Å²) in [7, 11) is 0. The number of hydrogen-bond donors (Lipinski definition) is 1. The summed E-state index contributed by atoms with van der Waals surface area (Å²) in [6.07, 6.45) is 0. The number of rotatable bonds is 4. The molecular weight excluding hydrogens is 362 g/mol. The fourth-order valence-electron chi connectivity index (χ4n) is 1.89. The Bertz CT molecular complexity index is 696. The van der Waals surface area contributed by atoms with E-state index in [2.05, 4.69) is 31.2 Å². The molecule has 4 nitrogen and oxygen atoms in total. The van der Waals surface area contributed by atoms with Gasteiger partial charge in [0.2, 0.25) is 5.91 Å². The Labute approximate surface area is 143 Å². The molecule has 1 N–H and O–H groups in total. The lowest BCUT2D eigenvalue weighted by Gasteiger charge is -2.09. The average Bonchev–Trinajstić information content (AvgIpc) is 2.45. The fraction of sp³-hybridized carbons (Fsp3) is 0.312. The summed E-state index contributed by atoms with van der Waals surface area (Å²) in [6.45, 7) is 7.88. The van der Waals surface area contributed by atoms with Crippen molar-refractivity contribution in [3.05, 3.63) is 45.2 Å². The van der Waals surface area contributed by atoms with Crippen molar-refractivity contribution in [1.29, 1.82) is 0 Å². The minimum Gasteiger partial charge on any atom is -0.325 e. The fourth-order valence-corrected chi connectivity index (χ4v) is 3.10. The van der Waals surface area contributed by atoms with Crippen molar-refractivity contribution in [1.82, 2.24) is 9.97 Å². The van der Waals surface area contributed by atoms with Gasteiger partial charge in [-0.05, 0) is 57.0 Å². The van der Waals surface area contributed by atoms with Gasteiger partial charge >= 0.3 is 0 Å². The van der Waals surface area contributed by atoms with Crippen molar-refractivity contribution in [2.45, 2.75) is 32.9 Å². The van der Waals surface area contributed by atoms with E-state index in [4.69, 9.17) is 0 Å². The van der Waals surface area contributed by atoms with Gasteiger partial charge in [0, 0.05) is 21.5 Å². The van der Waals surface area contributed by atoms with E-state index in [-0.39, 0.29) is 11.7 Å². The molecule has 0 spiro atoms. The van der Waals surface area contributed by atoms with Crippen molar-refractivity contribution in [3.63, 3.8) is 0 Å². The number of hydrogen-bond acceptors (Lipinski definition) is 4. The van der Waals surface area contributed by atoms with Crippen molar-refractivity contribution in [3.8, 4) is 0 Å². The standard InChI is InChI=1S/C16H18BrN3OS/c1-9-7-13(17)5-6-14(9)20-15(21)8-22-16-18-11(3)10(2)12(4)19-16/h5-7H,8H2,1-4H3,(H,20,21). The molecule has 2 aromatic rings. The molecule has 116 valence electrons. The van der Waals surface area contributed by atoms with E-state index in [9.17, 15) is 4.79 Å². The van der Waals surface area contributed by atoms with Crippen molar-refractivity contribution < 1.29 is 4.79 Å². The van der Waals surface area contributed by atoms with Gasteiger partial charge in [0.15, 0.2) is 5.16 Å². The number of nitrogens with one attached hydrogen (secondary N) is 1. The van der Waals surface area contributed by atoms with Crippen molar-refractivity contribution >= 4 is 39.3 Å². The summed E-state index contributed by atoms with van der Waals surface area (Å²) < 4.78 is 0.997. The van der Waals surface area contributed by atoms with E-state index in [0.717, 1.165) is 32.7 Å². The van der Waals surface area contributed by atoms with Crippen LogP contribution in [0.3, 0.4) is 0 Å². The van der Waals surface area contributed by atoms with Crippen LogP contribution in [0.5, 0.6) is 0 Å². The lowest BCUT2D eigenvalue weighted by atomic mass is 10.2. The Hall–Kier alpha value is -1.40. The minimum atomic E-state index is -0.0603. The molecule has 22 heavy (non-hydrogen) atoms. The maximum atomic E-state index is 12.1. The van der Waals surface area contributed by atoms with Crippen molar-refractivity contribution in [2.24, 2.45) is 0 Å². The summed E-state index contributed by atoms with van der Waals surface area (Å²) in [6, 6.07) is 5.77. The van der Waals surface area contributed by atoms with Crippen LogP contribution >= 0.6 is 27.7 Å². The zero-order valence-electron chi connectivity index (χ0n) is 13.0. The quantitative estimate of drug-likeness (QED) is 0.638. The minimum absolute atomic E-state index is 0.0603. The maximum absolute atomic E-state index is 12.1. The smallest absolute Gasteiger partial charge is 0.234 e. The van der Waals surface area contributed by atoms with Gasteiger partial charge in [0.05, 0.1) is 5.75 Å². The highest BCUT2D eigenvalue weighted by atomic mass is 79.9. The van der Waals surface area contributed by atoms with Crippen LogP contribution in [0.25, 0.3) is 0 Å². The molecule has 0 radical (unpaired) electrons. The maximum Gasteiger partial charge on any atom is 0.234 e. The number of anilines is 1. The Balaban J connectivity index is 1.98. The molecule has 0 aliphatic carbocycles. The molecule has 1 aromatic carbocycles. The highest BCUT2D eigenvalue weighted by Crippen LogP contribution is 2.21. The molecule has 0 saturated heterocycles. The van der Waals surface area contributed by atoms with E-state index in [1.165, 1.54) is 11.8 Å². The third-order valence-corrected chi connectivity index (χ3v) is 4.75. The zero-order valence-corrected chi connectivity index (χ0v) is 15.4. The summed E-state index contributed by atoms with van der Waals surface area (Å²) in [4.78, 5) is 20.9. The number of thioether (sulfide) groups is 1. The molecule has 0 aliphatic rings. The molecule has 0 atom stereocenters. The third kappa shape index (κ3) is 4.30. The second-order valence-electron chi connectivity index (χ2n) is 5.10. The van der Waals surface area contributed by atoms with Crippen LogP contribution in [0.2, 0.25) is 0 Å². The first kappa shape index (κ1) is 17.0. The van der Waals surface area contributed by atoms with Crippen LogP contribution in [0.1, 0.15) is 22.5 Å². The Morgan fingerprint density at radius 1 is 1.18 bits per heavy atom. The second kappa shape index (κ2) is 7.24. The molecule has 2 rings (SSSR count). The van der Waals surface area contributed by atoms with Crippen LogP contribution in [0.15, 0.2) is 27.8 Å². The number of benzene rings is 1. The molecular formula is C16H18BrN3OS. The number of halogens is 1. The molecule has 6 heteroatoms. The van der Waals surface area contributed by atoms with Gasteiger partial charge < -0.3 is 5.32 Å². The monoisotopic (exact) mass is 379 g/mol. The van der Waals surface area contributed by atoms with E-state index in [1.54, 1.807) is 0 Å². The SMILES string of the molecule is Cc1cc(Br)ccc1NC(=O)CSc1nc(C)c(C)c(C)n1. The van der Waals surface area contributed by atoms with E-state index < -0.39 is 0 Å². The highest BCUT2D eigenvalue weighted by Gasteiger charge is 2.09. The molecule has 1 aromatic heterocycles. The van der Waals surface area contributed by atoms with Crippen LogP contribution in [0.4, 0.5) is 5.69 Å².